The average Bonchev–Trinajstić information content (AvgIpc) is 2.34. The van der Waals surface area contributed by atoms with Crippen LogP contribution in [0.3, 0.4) is 0 Å². The second-order valence-corrected chi connectivity index (χ2v) is 6.26. The Hall–Kier alpha value is -0.610. The number of hydrogen-bond acceptors (Lipinski definition) is 3. The number of hydrogen-bond donors (Lipinski definition) is 2. The van der Waals surface area contributed by atoms with Crippen LogP contribution in [0.1, 0.15) is 40.0 Å². The molecule has 0 aromatic heterocycles. The van der Waals surface area contributed by atoms with E-state index in [9.17, 15) is 9.90 Å². The topological polar surface area (TPSA) is 52.6 Å². The van der Waals surface area contributed by atoms with Gasteiger partial charge in [-0.3, -0.25) is 4.79 Å². The Bertz CT molecular complexity index is 311. The first-order valence-corrected chi connectivity index (χ1v) is 7.21. The summed E-state index contributed by atoms with van der Waals surface area (Å²) in [7, 11) is 0. The van der Waals surface area contributed by atoms with Gasteiger partial charge in [-0.25, -0.2) is 0 Å². The molecule has 0 aromatic carbocycles. The lowest BCUT2D eigenvalue weighted by Crippen LogP contribution is -2.68. The third-order valence-electron chi connectivity index (χ3n) is 4.70. The fourth-order valence-corrected chi connectivity index (χ4v) is 2.91. The Kier molecular flexibility index (Phi) is 3.97. The molecule has 0 bridgehead atoms. The van der Waals surface area contributed by atoms with Gasteiger partial charge >= 0.3 is 0 Å². The van der Waals surface area contributed by atoms with Crippen LogP contribution in [0.15, 0.2) is 0 Å². The fraction of sp³-hybridized carbons (Fsp3) is 0.929. The Balaban J connectivity index is 1.86. The molecule has 2 heterocycles. The minimum atomic E-state index is -0.658. The monoisotopic (exact) mass is 254 g/mol. The highest BCUT2D eigenvalue weighted by Crippen LogP contribution is 2.30. The number of rotatable bonds is 3. The number of aliphatic hydroxyl groups is 1. The van der Waals surface area contributed by atoms with Crippen molar-refractivity contribution in [3.63, 3.8) is 0 Å². The zero-order chi connectivity index (χ0) is 13.3. The van der Waals surface area contributed by atoms with Crippen molar-refractivity contribution in [3.05, 3.63) is 0 Å². The van der Waals surface area contributed by atoms with Crippen LogP contribution in [0.5, 0.6) is 0 Å². The first-order valence-electron chi connectivity index (χ1n) is 7.21. The van der Waals surface area contributed by atoms with Crippen molar-refractivity contribution < 1.29 is 9.90 Å². The van der Waals surface area contributed by atoms with E-state index < -0.39 is 5.60 Å². The lowest BCUT2D eigenvalue weighted by Gasteiger charge is -2.50. The van der Waals surface area contributed by atoms with Crippen LogP contribution < -0.4 is 5.32 Å². The highest BCUT2D eigenvalue weighted by molar-refractivity contribution is 5.83. The van der Waals surface area contributed by atoms with Gasteiger partial charge in [-0.2, -0.15) is 0 Å². The predicted octanol–water partition coefficient (Wildman–Crippen LogP) is 0.994. The Morgan fingerprint density at radius 3 is 2.72 bits per heavy atom. The highest BCUT2D eigenvalue weighted by atomic mass is 16.3. The molecule has 18 heavy (non-hydrogen) atoms. The second-order valence-electron chi connectivity index (χ2n) is 6.26. The quantitative estimate of drug-likeness (QED) is 0.790. The minimum Gasteiger partial charge on any atom is -0.386 e. The summed E-state index contributed by atoms with van der Waals surface area (Å²) < 4.78 is 0. The largest absolute Gasteiger partial charge is 0.386 e. The van der Waals surface area contributed by atoms with E-state index in [-0.39, 0.29) is 17.9 Å². The van der Waals surface area contributed by atoms with Crippen molar-refractivity contribution in [2.24, 2.45) is 11.8 Å². The third-order valence-corrected chi connectivity index (χ3v) is 4.70. The lowest BCUT2D eigenvalue weighted by molar-refractivity contribution is -0.166. The van der Waals surface area contributed by atoms with E-state index in [4.69, 9.17) is 0 Å². The summed E-state index contributed by atoms with van der Waals surface area (Å²) in [4.78, 5) is 14.1. The molecule has 2 fully saturated rings. The summed E-state index contributed by atoms with van der Waals surface area (Å²) >= 11 is 0. The second kappa shape index (κ2) is 5.17. The number of carbonyl (C=O) groups excluding carboxylic acids is 1. The van der Waals surface area contributed by atoms with Crippen molar-refractivity contribution in [3.8, 4) is 0 Å². The van der Waals surface area contributed by atoms with Gasteiger partial charge in [0.1, 0.15) is 5.60 Å². The molecular weight excluding hydrogens is 228 g/mol. The molecule has 2 aliphatic rings. The summed E-state index contributed by atoms with van der Waals surface area (Å²) in [6, 6.07) is -0.0274. The standard InChI is InChI=1S/C14H26N2O2/c1-4-11-5-6-15-12(7-11)13(17)16-8-14(18,9-16)10(2)3/h10-12,15,18H,4-9H2,1-3H3. The molecule has 1 amide bonds. The van der Waals surface area contributed by atoms with E-state index >= 15 is 0 Å². The summed E-state index contributed by atoms with van der Waals surface area (Å²) in [6.07, 6.45) is 3.28. The first kappa shape index (κ1) is 13.8. The van der Waals surface area contributed by atoms with Crippen LogP contribution in [0.4, 0.5) is 0 Å². The molecule has 2 saturated heterocycles. The van der Waals surface area contributed by atoms with Gasteiger partial charge in [0.2, 0.25) is 5.91 Å². The molecule has 2 atom stereocenters. The highest BCUT2D eigenvalue weighted by Gasteiger charge is 2.47. The normalized spacial score (nSPS) is 31.3. The molecule has 0 aliphatic carbocycles. The van der Waals surface area contributed by atoms with Gasteiger partial charge in [0.05, 0.1) is 19.1 Å². The molecule has 4 heteroatoms. The van der Waals surface area contributed by atoms with Crippen LogP contribution in [0.25, 0.3) is 0 Å². The van der Waals surface area contributed by atoms with Crippen molar-refractivity contribution in [2.45, 2.75) is 51.7 Å². The van der Waals surface area contributed by atoms with E-state index in [1.54, 1.807) is 4.90 Å². The van der Waals surface area contributed by atoms with Crippen molar-refractivity contribution in [2.75, 3.05) is 19.6 Å². The van der Waals surface area contributed by atoms with Crippen LogP contribution in [-0.4, -0.2) is 47.2 Å². The Labute approximate surface area is 110 Å². The molecule has 0 spiro atoms. The number of carbonyl (C=O) groups is 1. The maximum absolute atomic E-state index is 12.3. The zero-order valence-electron chi connectivity index (χ0n) is 11.8. The van der Waals surface area contributed by atoms with Crippen molar-refractivity contribution in [1.82, 2.24) is 10.2 Å². The van der Waals surface area contributed by atoms with Gasteiger partial charge in [0.25, 0.3) is 0 Å². The van der Waals surface area contributed by atoms with E-state index in [1.807, 2.05) is 13.8 Å². The van der Waals surface area contributed by atoms with Gasteiger partial charge in [-0.15, -0.1) is 0 Å². The van der Waals surface area contributed by atoms with Gasteiger partial charge in [0.15, 0.2) is 0 Å². The van der Waals surface area contributed by atoms with E-state index in [0.717, 1.165) is 19.4 Å². The first-order chi connectivity index (χ1) is 8.46. The third kappa shape index (κ3) is 2.54. The summed E-state index contributed by atoms with van der Waals surface area (Å²) in [5.74, 6) is 1.06. The van der Waals surface area contributed by atoms with Gasteiger partial charge in [0, 0.05) is 0 Å². The molecule has 0 aromatic rings. The smallest absolute Gasteiger partial charge is 0.239 e. The Morgan fingerprint density at radius 2 is 2.17 bits per heavy atom. The summed E-state index contributed by atoms with van der Waals surface area (Å²) in [6.45, 7) is 8.15. The van der Waals surface area contributed by atoms with E-state index in [2.05, 4.69) is 12.2 Å². The van der Waals surface area contributed by atoms with Gasteiger partial charge in [-0.1, -0.05) is 27.2 Å². The van der Waals surface area contributed by atoms with Crippen LogP contribution in [0, 0.1) is 11.8 Å². The predicted molar refractivity (Wildman–Crippen MR) is 71.2 cm³/mol. The van der Waals surface area contributed by atoms with E-state index in [1.165, 1.54) is 6.42 Å². The number of β-amino-alcohol motifs (C(OH)–C–C–N with tert-alkyl or cyclic N) is 1. The molecule has 2 aliphatic heterocycles. The molecule has 0 radical (unpaired) electrons. The number of nitrogens with zero attached hydrogens (tertiary/aromatic N) is 1. The SMILES string of the molecule is CCC1CCNC(C(=O)N2CC(O)(C(C)C)C2)C1. The Morgan fingerprint density at radius 1 is 1.50 bits per heavy atom. The summed E-state index contributed by atoms with van der Waals surface area (Å²) in [5.41, 5.74) is -0.658. The number of amides is 1. The van der Waals surface area contributed by atoms with Crippen LogP contribution in [0.2, 0.25) is 0 Å². The fourth-order valence-electron chi connectivity index (χ4n) is 2.91. The van der Waals surface area contributed by atoms with Crippen molar-refractivity contribution >= 4 is 5.91 Å². The molecule has 4 nitrogen and oxygen atoms in total. The van der Waals surface area contributed by atoms with Crippen LogP contribution in [-0.2, 0) is 4.79 Å². The summed E-state index contributed by atoms with van der Waals surface area (Å²) in [5, 5.41) is 13.5. The molecule has 2 N–H and O–H groups in total. The number of piperidine rings is 1. The molecular formula is C14H26N2O2. The molecule has 0 saturated carbocycles. The number of likely N-dealkylation sites (tertiary alicyclic amines) is 1. The molecule has 104 valence electrons. The maximum atomic E-state index is 12.3. The number of nitrogens with one attached hydrogen (secondary N) is 1. The van der Waals surface area contributed by atoms with E-state index in [0.29, 0.717) is 19.0 Å². The average molecular weight is 254 g/mol. The maximum Gasteiger partial charge on any atom is 0.239 e. The van der Waals surface area contributed by atoms with Gasteiger partial charge < -0.3 is 15.3 Å². The van der Waals surface area contributed by atoms with Gasteiger partial charge in [-0.05, 0) is 31.2 Å². The zero-order valence-corrected chi connectivity index (χ0v) is 11.8. The van der Waals surface area contributed by atoms with Crippen molar-refractivity contribution in [1.29, 1.82) is 0 Å². The molecule has 2 rings (SSSR count). The molecule has 2 unspecified atom stereocenters. The minimum absolute atomic E-state index is 0.0274. The van der Waals surface area contributed by atoms with Crippen LogP contribution >= 0.6 is 0 Å². The lowest BCUT2D eigenvalue weighted by atomic mass is 9.81.